The SMILES string of the molecule is CCOC(=O)CSc1nc(N)nc2sc(CC)cc12. The van der Waals surface area contributed by atoms with Gasteiger partial charge in [-0.1, -0.05) is 18.7 Å². The van der Waals surface area contributed by atoms with Crippen molar-refractivity contribution in [2.45, 2.75) is 25.3 Å². The molecule has 102 valence electrons. The monoisotopic (exact) mass is 297 g/mol. The fourth-order valence-corrected chi connectivity index (χ4v) is 3.42. The van der Waals surface area contributed by atoms with Crippen molar-refractivity contribution in [1.82, 2.24) is 9.97 Å². The molecule has 0 atom stereocenters. The molecule has 19 heavy (non-hydrogen) atoms. The van der Waals surface area contributed by atoms with E-state index in [1.165, 1.54) is 16.6 Å². The molecule has 5 nitrogen and oxygen atoms in total. The summed E-state index contributed by atoms with van der Waals surface area (Å²) < 4.78 is 4.90. The number of nitrogens with zero attached hydrogens (tertiary/aromatic N) is 2. The molecule has 2 N–H and O–H groups in total. The maximum atomic E-state index is 11.4. The van der Waals surface area contributed by atoms with Gasteiger partial charge in [-0.3, -0.25) is 4.79 Å². The van der Waals surface area contributed by atoms with Crippen LogP contribution >= 0.6 is 23.1 Å². The van der Waals surface area contributed by atoms with Crippen molar-refractivity contribution in [3.63, 3.8) is 0 Å². The van der Waals surface area contributed by atoms with E-state index in [1.807, 2.05) is 0 Å². The number of nitrogens with two attached hydrogens (primary N) is 1. The molecule has 0 aliphatic rings. The molecule has 0 unspecified atom stereocenters. The molecular weight excluding hydrogens is 282 g/mol. The van der Waals surface area contributed by atoms with Gasteiger partial charge in [0.15, 0.2) is 0 Å². The Kier molecular flexibility index (Phi) is 4.60. The second kappa shape index (κ2) is 6.21. The number of esters is 1. The highest BCUT2D eigenvalue weighted by molar-refractivity contribution is 8.00. The van der Waals surface area contributed by atoms with Gasteiger partial charge in [-0.15, -0.1) is 11.3 Å². The van der Waals surface area contributed by atoms with E-state index in [9.17, 15) is 4.79 Å². The van der Waals surface area contributed by atoms with E-state index in [0.717, 1.165) is 21.7 Å². The molecule has 0 saturated carbocycles. The molecule has 0 aromatic carbocycles. The molecule has 0 aliphatic heterocycles. The number of carbonyl (C=O) groups is 1. The van der Waals surface area contributed by atoms with Crippen molar-refractivity contribution < 1.29 is 9.53 Å². The van der Waals surface area contributed by atoms with Crippen LogP contribution < -0.4 is 5.73 Å². The summed E-state index contributed by atoms with van der Waals surface area (Å²) in [7, 11) is 0. The zero-order valence-electron chi connectivity index (χ0n) is 10.8. The van der Waals surface area contributed by atoms with Crippen LogP contribution in [0, 0.1) is 0 Å². The highest BCUT2D eigenvalue weighted by Gasteiger charge is 2.12. The van der Waals surface area contributed by atoms with E-state index in [4.69, 9.17) is 10.5 Å². The van der Waals surface area contributed by atoms with Crippen molar-refractivity contribution in [2.75, 3.05) is 18.1 Å². The van der Waals surface area contributed by atoms with Crippen LogP contribution in [-0.4, -0.2) is 28.3 Å². The lowest BCUT2D eigenvalue weighted by molar-refractivity contribution is -0.139. The summed E-state index contributed by atoms with van der Waals surface area (Å²) in [5.41, 5.74) is 5.70. The van der Waals surface area contributed by atoms with Crippen LogP contribution in [0.5, 0.6) is 0 Å². The predicted molar refractivity (Wildman–Crippen MR) is 78.6 cm³/mol. The summed E-state index contributed by atoms with van der Waals surface area (Å²) in [5, 5.41) is 1.71. The van der Waals surface area contributed by atoms with Crippen LogP contribution in [-0.2, 0) is 16.0 Å². The Morgan fingerprint density at radius 1 is 1.47 bits per heavy atom. The number of anilines is 1. The summed E-state index contributed by atoms with van der Waals surface area (Å²) in [5.74, 6) is 0.226. The van der Waals surface area contributed by atoms with Crippen molar-refractivity contribution in [1.29, 1.82) is 0 Å². The summed E-state index contributed by atoms with van der Waals surface area (Å²) in [6.07, 6.45) is 0.947. The van der Waals surface area contributed by atoms with Gasteiger partial charge >= 0.3 is 5.97 Å². The molecule has 2 aromatic rings. The van der Waals surface area contributed by atoms with Crippen LogP contribution in [0.2, 0.25) is 0 Å². The normalized spacial score (nSPS) is 10.8. The van der Waals surface area contributed by atoms with Gasteiger partial charge in [0.25, 0.3) is 0 Å². The summed E-state index contributed by atoms with van der Waals surface area (Å²) in [6, 6.07) is 2.06. The van der Waals surface area contributed by atoms with Crippen molar-refractivity contribution in [3.05, 3.63) is 10.9 Å². The van der Waals surface area contributed by atoms with Gasteiger partial charge in [-0.25, -0.2) is 9.97 Å². The molecule has 2 aromatic heterocycles. The van der Waals surface area contributed by atoms with E-state index in [-0.39, 0.29) is 17.7 Å². The lowest BCUT2D eigenvalue weighted by Gasteiger charge is -2.03. The Labute approximate surface area is 119 Å². The molecule has 2 rings (SSSR count). The number of thiophene rings is 1. The van der Waals surface area contributed by atoms with Crippen LogP contribution in [0.25, 0.3) is 10.2 Å². The fraction of sp³-hybridized carbons (Fsp3) is 0.417. The summed E-state index contributed by atoms with van der Waals surface area (Å²) >= 11 is 2.95. The van der Waals surface area contributed by atoms with Crippen LogP contribution in [0.3, 0.4) is 0 Å². The molecule has 0 bridgehead atoms. The number of aromatic nitrogens is 2. The van der Waals surface area contributed by atoms with Gasteiger partial charge in [0.05, 0.1) is 12.4 Å². The zero-order valence-corrected chi connectivity index (χ0v) is 12.4. The third-order valence-electron chi connectivity index (χ3n) is 2.41. The summed E-state index contributed by atoms with van der Waals surface area (Å²) in [4.78, 5) is 21.9. The molecule has 0 spiro atoms. The number of rotatable bonds is 5. The first-order valence-electron chi connectivity index (χ1n) is 5.98. The van der Waals surface area contributed by atoms with Gasteiger partial charge < -0.3 is 10.5 Å². The maximum Gasteiger partial charge on any atom is 0.316 e. The summed E-state index contributed by atoms with van der Waals surface area (Å²) in [6.45, 7) is 4.27. The molecule has 0 aliphatic carbocycles. The predicted octanol–water partition coefficient (Wildman–Crippen LogP) is 2.49. The van der Waals surface area contributed by atoms with E-state index in [1.54, 1.807) is 18.3 Å². The highest BCUT2D eigenvalue weighted by atomic mass is 32.2. The number of hydrogen-bond donors (Lipinski definition) is 1. The van der Waals surface area contributed by atoms with E-state index in [0.29, 0.717) is 6.61 Å². The minimum Gasteiger partial charge on any atom is -0.465 e. The van der Waals surface area contributed by atoms with Crippen LogP contribution in [0.1, 0.15) is 18.7 Å². The molecule has 0 fully saturated rings. The van der Waals surface area contributed by atoms with Gasteiger partial charge in [0, 0.05) is 10.3 Å². The zero-order chi connectivity index (χ0) is 13.8. The number of fused-ring (bicyclic) bond motifs is 1. The molecule has 0 radical (unpaired) electrons. The Morgan fingerprint density at radius 2 is 2.26 bits per heavy atom. The Bertz CT molecular complexity index is 598. The smallest absolute Gasteiger partial charge is 0.316 e. The minimum absolute atomic E-state index is 0.233. The first-order valence-corrected chi connectivity index (χ1v) is 7.78. The molecule has 7 heteroatoms. The topological polar surface area (TPSA) is 78.1 Å². The minimum atomic E-state index is -0.247. The van der Waals surface area contributed by atoms with E-state index < -0.39 is 0 Å². The Morgan fingerprint density at radius 3 is 2.95 bits per heavy atom. The number of hydrogen-bond acceptors (Lipinski definition) is 7. The second-order valence-electron chi connectivity index (χ2n) is 3.77. The number of nitrogen functional groups attached to an aromatic ring is 1. The quantitative estimate of drug-likeness (QED) is 0.519. The lowest BCUT2D eigenvalue weighted by atomic mass is 10.3. The molecule has 0 amide bonds. The Balaban J connectivity index is 2.25. The number of carbonyl (C=O) groups excluding carboxylic acids is 1. The standard InChI is InChI=1S/C12H15N3O2S2/c1-3-7-5-8-10(18-6-9(16)17-4-2)14-12(13)15-11(8)19-7/h5H,3-4,6H2,1-2H3,(H2,13,14,15). The largest absolute Gasteiger partial charge is 0.465 e. The second-order valence-corrected chi connectivity index (χ2v) is 5.84. The molecular formula is C12H15N3O2S2. The Hall–Kier alpha value is -1.34. The number of thioether (sulfide) groups is 1. The van der Waals surface area contributed by atoms with Gasteiger partial charge in [-0.05, 0) is 19.4 Å². The number of aryl methyl sites for hydroxylation is 1. The van der Waals surface area contributed by atoms with E-state index >= 15 is 0 Å². The first kappa shape index (κ1) is 14.1. The molecule has 2 heterocycles. The van der Waals surface area contributed by atoms with Crippen LogP contribution in [0.15, 0.2) is 11.1 Å². The molecule has 0 saturated heterocycles. The first-order chi connectivity index (χ1) is 9.13. The fourth-order valence-electron chi connectivity index (χ4n) is 1.58. The highest BCUT2D eigenvalue weighted by Crippen LogP contribution is 2.32. The van der Waals surface area contributed by atoms with Crippen molar-refractivity contribution in [2.24, 2.45) is 0 Å². The van der Waals surface area contributed by atoms with Crippen LogP contribution in [0.4, 0.5) is 5.95 Å². The average molecular weight is 297 g/mol. The average Bonchev–Trinajstić information content (AvgIpc) is 2.79. The number of ether oxygens (including phenoxy) is 1. The lowest BCUT2D eigenvalue weighted by Crippen LogP contribution is -2.07. The maximum absolute atomic E-state index is 11.4. The third kappa shape index (κ3) is 3.36. The van der Waals surface area contributed by atoms with Crippen molar-refractivity contribution in [3.8, 4) is 0 Å². The van der Waals surface area contributed by atoms with Gasteiger partial charge in [0.1, 0.15) is 9.86 Å². The van der Waals surface area contributed by atoms with E-state index in [2.05, 4.69) is 23.0 Å². The third-order valence-corrected chi connectivity index (χ3v) is 4.54. The van der Waals surface area contributed by atoms with Crippen molar-refractivity contribution >= 4 is 45.2 Å². The van der Waals surface area contributed by atoms with Gasteiger partial charge in [0.2, 0.25) is 5.95 Å². The van der Waals surface area contributed by atoms with Gasteiger partial charge in [-0.2, -0.15) is 0 Å².